The standard InChI is InChI=1S/C18H17NO4/c20-17(10-11-18(21)22)19-12-14-6-8-16(9-7-14)23-13-15-4-2-1-3-5-15/h1-11H,12-13H2,(H,19,20)(H,21,22)/b11-10-. The summed E-state index contributed by atoms with van der Waals surface area (Å²) in [6.45, 7) is 0.818. The number of aliphatic carboxylic acids is 1. The third-order valence-corrected chi connectivity index (χ3v) is 3.02. The summed E-state index contributed by atoms with van der Waals surface area (Å²) in [6, 6.07) is 17.2. The Morgan fingerprint density at radius 1 is 0.957 bits per heavy atom. The van der Waals surface area contributed by atoms with Crippen molar-refractivity contribution in [3.8, 4) is 5.75 Å². The molecule has 0 saturated heterocycles. The minimum absolute atomic E-state index is 0.321. The maximum Gasteiger partial charge on any atom is 0.328 e. The summed E-state index contributed by atoms with van der Waals surface area (Å²) in [5, 5.41) is 11.0. The number of carboxylic acids is 1. The number of hydrogen-bond donors (Lipinski definition) is 2. The second kappa shape index (κ2) is 8.38. The molecule has 5 heteroatoms. The van der Waals surface area contributed by atoms with Crippen LogP contribution in [0, 0.1) is 0 Å². The van der Waals surface area contributed by atoms with Crippen LogP contribution in [-0.4, -0.2) is 17.0 Å². The van der Waals surface area contributed by atoms with Gasteiger partial charge in [0.05, 0.1) is 0 Å². The fourth-order valence-electron chi connectivity index (χ4n) is 1.84. The first-order valence-corrected chi connectivity index (χ1v) is 7.08. The second-order valence-corrected chi connectivity index (χ2v) is 4.81. The SMILES string of the molecule is O=C(O)/C=C\C(=O)NCc1ccc(OCc2ccccc2)cc1. The van der Waals surface area contributed by atoms with E-state index >= 15 is 0 Å². The van der Waals surface area contributed by atoms with E-state index < -0.39 is 11.9 Å². The zero-order valence-electron chi connectivity index (χ0n) is 12.4. The van der Waals surface area contributed by atoms with E-state index in [9.17, 15) is 9.59 Å². The number of benzene rings is 2. The lowest BCUT2D eigenvalue weighted by atomic mass is 10.2. The molecule has 23 heavy (non-hydrogen) atoms. The van der Waals surface area contributed by atoms with Crippen molar-refractivity contribution in [1.82, 2.24) is 5.32 Å². The van der Waals surface area contributed by atoms with Gasteiger partial charge in [-0.3, -0.25) is 4.79 Å². The largest absolute Gasteiger partial charge is 0.489 e. The smallest absolute Gasteiger partial charge is 0.328 e. The molecule has 2 aromatic carbocycles. The molecule has 0 heterocycles. The summed E-state index contributed by atoms with van der Waals surface area (Å²) < 4.78 is 5.67. The van der Waals surface area contributed by atoms with Gasteiger partial charge in [0.15, 0.2) is 0 Å². The van der Waals surface area contributed by atoms with Crippen molar-refractivity contribution in [1.29, 1.82) is 0 Å². The van der Waals surface area contributed by atoms with E-state index in [-0.39, 0.29) is 0 Å². The van der Waals surface area contributed by atoms with Gasteiger partial charge in [0.2, 0.25) is 5.91 Å². The molecule has 0 radical (unpaired) electrons. The molecule has 118 valence electrons. The van der Waals surface area contributed by atoms with E-state index in [1.165, 1.54) is 0 Å². The normalized spacial score (nSPS) is 10.4. The van der Waals surface area contributed by atoms with Gasteiger partial charge in [0.25, 0.3) is 0 Å². The van der Waals surface area contributed by atoms with Gasteiger partial charge in [-0.05, 0) is 23.3 Å². The van der Waals surface area contributed by atoms with E-state index in [2.05, 4.69) is 5.32 Å². The zero-order chi connectivity index (χ0) is 16.5. The Morgan fingerprint density at radius 3 is 2.30 bits per heavy atom. The molecule has 2 rings (SSSR count). The summed E-state index contributed by atoms with van der Waals surface area (Å²) in [5.74, 6) is -0.855. The molecule has 0 aromatic heterocycles. The zero-order valence-corrected chi connectivity index (χ0v) is 12.4. The molecule has 1 amide bonds. The highest BCUT2D eigenvalue weighted by Gasteiger charge is 2.00. The van der Waals surface area contributed by atoms with Gasteiger partial charge in [-0.25, -0.2) is 4.79 Å². The first kappa shape index (κ1) is 16.3. The molecule has 0 spiro atoms. The van der Waals surface area contributed by atoms with Gasteiger partial charge >= 0.3 is 5.97 Å². The minimum Gasteiger partial charge on any atom is -0.489 e. The minimum atomic E-state index is -1.15. The maximum absolute atomic E-state index is 11.4. The third-order valence-electron chi connectivity index (χ3n) is 3.02. The first-order chi connectivity index (χ1) is 11.1. The van der Waals surface area contributed by atoms with Gasteiger partial charge in [-0.15, -0.1) is 0 Å². The number of carbonyl (C=O) groups excluding carboxylic acids is 1. The van der Waals surface area contributed by atoms with E-state index in [0.29, 0.717) is 13.2 Å². The lowest BCUT2D eigenvalue weighted by Crippen LogP contribution is -2.20. The van der Waals surface area contributed by atoms with Crippen molar-refractivity contribution in [2.24, 2.45) is 0 Å². The highest BCUT2D eigenvalue weighted by atomic mass is 16.5. The van der Waals surface area contributed by atoms with Gasteiger partial charge in [0.1, 0.15) is 12.4 Å². The average Bonchev–Trinajstić information content (AvgIpc) is 2.58. The van der Waals surface area contributed by atoms with Gasteiger partial charge in [-0.1, -0.05) is 42.5 Å². The predicted molar refractivity (Wildman–Crippen MR) is 85.8 cm³/mol. The maximum atomic E-state index is 11.4. The van der Waals surface area contributed by atoms with E-state index in [0.717, 1.165) is 29.0 Å². The van der Waals surface area contributed by atoms with E-state index in [1.807, 2.05) is 54.6 Å². The van der Waals surface area contributed by atoms with Crippen molar-refractivity contribution < 1.29 is 19.4 Å². The molecule has 0 atom stereocenters. The highest BCUT2D eigenvalue weighted by molar-refractivity contribution is 5.93. The van der Waals surface area contributed by atoms with E-state index in [4.69, 9.17) is 9.84 Å². The highest BCUT2D eigenvalue weighted by Crippen LogP contribution is 2.14. The van der Waals surface area contributed by atoms with Crippen LogP contribution in [0.2, 0.25) is 0 Å². The molecule has 0 aliphatic rings. The Kier molecular flexibility index (Phi) is 5.94. The van der Waals surface area contributed by atoms with Crippen LogP contribution in [0.15, 0.2) is 66.7 Å². The van der Waals surface area contributed by atoms with Crippen LogP contribution in [0.25, 0.3) is 0 Å². The number of ether oxygens (including phenoxy) is 1. The molecule has 0 aliphatic heterocycles. The first-order valence-electron chi connectivity index (χ1n) is 7.08. The third kappa shape index (κ3) is 6.05. The fraction of sp³-hybridized carbons (Fsp3) is 0.111. The lowest BCUT2D eigenvalue weighted by Gasteiger charge is -2.07. The van der Waals surface area contributed by atoms with Crippen molar-refractivity contribution in [3.63, 3.8) is 0 Å². The average molecular weight is 311 g/mol. The molecule has 0 saturated carbocycles. The van der Waals surface area contributed by atoms with Crippen LogP contribution in [0.1, 0.15) is 11.1 Å². The summed E-state index contributed by atoms with van der Waals surface area (Å²) in [5.41, 5.74) is 1.99. The Morgan fingerprint density at radius 2 is 1.65 bits per heavy atom. The Bertz CT molecular complexity index is 678. The number of rotatable bonds is 7. The van der Waals surface area contributed by atoms with Crippen LogP contribution >= 0.6 is 0 Å². The molecule has 0 unspecified atom stereocenters. The monoisotopic (exact) mass is 311 g/mol. The molecule has 0 bridgehead atoms. The van der Waals surface area contributed by atoms with Crippen LogP contribution in [0.4, 0.5) is 0 Å². The number of nitrogens with one attached hydrogen (secondary N) is 1. The van der Waals surface area contributed by atoms with E-state index in [1.54, 1.807) is 0 Å². The van der Waals surface area contributed by atoms with Crippen molar-refractivity contribution in [2.75, 3.05) is 0 Å². The van der Waals surface area contributed by atoms with Crippen LogP contribution < -0.4 is 10.1 Å². The van der Waals surface area contributed by atoms with Crippen molar-refractivity contribution >= 4 is 11.9 Å². The molecule has 2 aromatic rings. The Labute approximate surface area is 134 Å². The fourth-order valence-corrected chi connectivity index (χ4v) is 1.84. The van der Waals surface area contributed by atoms with Crippen LogP contribution in [0.5, 0.6) is 5.75 Å². The van der Waals surface area contributed by atoms with Gasteiger partial charge < -0.3 is 15.2 Å². The summed E-state index contributed by atoms with van der Waals surface area (Å²) >= 11 is 0. The Hall–Kier alpha value is -3.08. The van der Waals surface area contributed by atoms with Crippen LogP contribution in [-0.2, 0) is 22.7 Å². The Balaban J connectivity index is 1.80. The van der Waals surface area contributed by atoms with Gasteiger partial charge in [-0.2, -0.15) is 0 Å². The molecule has 0 aliphatic carbocycles. The number of hydrogen-bond acceptors (Lipinski definition) is 3. The number of carboxylic acid groups (broad SMARTS) is 1. The van der Waals surface area contributed by atoms with Crippen molar-refractivity contribution in [3.05, 3.63) is 77.9 Å². The second-order valence-electron chi connectivity index (χ2n) is 4.81. The molecular weight excluding hydrogens is 294 g/mol. The van der Waals surface area contributed by atoms with Gasteiger partial charge in [0, 0.05) is 18.7 Å². The topological polar surface area (TPSA) is 75.6 Å². The lowest BCUT2D eigenvalue weighted by molar-refractivity contribution is -0.131. The molecule has 0 fully saturated rings. The van der Waals surface area contributed by atoms with Crippen molar-refractivity contribution in [2.45, 2.75) is 13.2 Å². The predicted octanol–water partition coefficient (Wildman–Crippen LogP) is 2.52. The number of amides is 1. The van der Waals surface area contributed by atoms with Crippen LogP contribution in [0.3, 0.4) is 0 Å². The number of carbonyl (C=O) groups is 2. The molecular formula is C18H17NO4. The summed E-state index contributed by atoms with van der Waals surface area (Å²) in [4.78, 5) is 21.7. The summed E-state index contributed by atoms with van der Waals surface area (Å²) in [7, 11) is 0. The molecule has 5 nitrogen and oxygen atoms in total. The quantitative estimate of drug-likeness (QED) is 0.770. The summed E-state index contributed by atoms with van der Waals surface area (Å²) in [6.07, 6.45) is 1.79. The molecule has 2 N–H and O–H groups in total.